The molecule has 0 saturated heterocycles. The average molecular weight is 469 g/mol. The van der Waals surface area contributed by atoms with E-state index < -0.39 is 12.4 Å². The van der Waals surface area contributed by atoms with Crippen LogP contribution >= 0.6 is 0 Å². The van der Waals surface area contributed by atoms with E-state index in [-0.39, 0.29) is 11.6 Å². The lowest BCUT2D eigenvalue weighted by Gasteiger charge is -2.19. The number of hydrogen-bond acceptors (Lipinski definition) is 6. The van der Waals surface area contributed by atoms with Gasteiger partial charge in [-0.3, -0.25) is 4.90 Å². The van der Waals surface area contributed by atoms with Crippen molar-refractivity contribution in [3.05, 3.63) is 59.8 Å². The zero-order valence-electron chi connectivity index (χ0n) is 17.8. The standard InChI is InChI=1S/C23H18F3N5O3/c1-12-10-17(19-20(27)34-30-21(19)28-12)13-2-5-15(6-3-13)29-22(32)31-9-8-14-4-7-16(11-18(14)31)33-23(24,25)26/h2-7,10-11H,8-9,27H2,1H3,(H,29,32). The molecule has 0 fully saturated rings. The summed E-state index contributed by atoms with van der Waals surface area (Å²) < 4.78 is 46.8. The lowest BCUT2D eigenvalue weighted by molar-refractivity contribution is -0.274. The van der Waals surface area contributed by atoms with Gasteiger partial charge in [0.2, 0.25) is 11.5 Å². The van der Waals surface area contributed by atoms with Crippen LogP contribution in [-0.2, 0) is 6.42 Å². The van der Waals surface area contributed by atoms with Crippen LogP contribution in [0.25, 0.3) is 22.2 Å². The Morgan fingerprint density at radius 2 is 1.94 bits per heavy atom. The number of fused-ring (bicyclic) bond motifs is 2. The topological polar surface area (TPSA) is 107 Å². The van der Waals surface area contributed by atoms with Gasteiger partial charge in [0.25, 0.3) is 0 Å². The molecule has 34 heavy (non-hydrogen) atoms. The number of anilines is 3. The van der Waals surface area contributed by atoms with Gasteiger partial charge in [-0.15, -0.1) is 13.2 Å². The number of rotatable bonds is 3. The third kappa shape index (κ3) is 4.07. The number of nitrogens with zero attached hydrogens (tertiary/aromatic N) is 3. The second-order valence-electron chi connectivity index (χ2n) is 7.80. The smallest absolute Gasteiger partial charge is 0.406 e. The van der Waals surface area contributed by atoms with E-state index in [2.05, 4.69) is 20.2 Å². The lowest BCUT2D eigenvalue weighted by Crippen LogP contribution is -2.33. The molecule has 1 aliphatic rings. The molecule has 0 atom stereocenters. The summed E-state index contributed by atoms with van der Waals surface area (Å²) in [6, 6.07) is 12.5. The number of aryl methyl sites for hydroxylation is 1. The van der Waals surface area contributed by atoms with Crippen LogP contribution < -0.4 is 20.7 Å². The highest BCUT2D eigenvalue weighted by molar-refractivity contribution is 6.04. The van der Waals surface area contributed by atoms with Gasteiger partial charge >= 0.3 is 12.4 Å². The van der Waals surface area contributed by atoms with E-state index in [9.17, 15) is 18.0 Å². The second kappa shape index (κ2) is 7.94. The van der Waals surface area contributed by atoms with Gasteiger partial charge in [0.15, 0.2) is 0 Å². The molecule has 0 bridgehead atoms. The number of amides is 2. The van der Waals surface area contributed by atoms with E-state index in [1.807, 2.05) is 25.1 Å². The van der Waals surface area contributed by atoms with E-state index in [0.717, 1.165) is 22.4 Å². The fourth-order valence-corrected chi connectivity index (χ4v) is 4.02. The highest BCUT2D eigenvalue weighted by atomic mass is 19.4. The molecule has 0 radical (unpaired) electrons. The molecule has 1 aliphatic heterocycles. The van der Waals surface area contributed by atoms with Crippen molar-refractivity contribution in [2.75, 3.05) is 22.5 Å². The summed E-state index contributed by atoms with van der Waals surface area (Å²) in [5.74, 6) is -0.210. The Labute approximate surface area is 191 Å². The maximum Gasteiger partial charge on any atom is 0.573 e. The minimum atomic E-state index is -4.81. The highest BCUT2D eigenvalue weighted by Crippen LogP contribution is 2.35. The Hall–Kier alpha value is -4.28. The Morgan fingerprint density at radius 3 is 2.68 bits per heavy atom. The van der Waals surface area contributed by atoms with Crippen LogP contribution in [0.5, 0.6) is 5.75 Å². The fraction of sp³-hybridized carbons (Fsp3) is 0.174. The van der Waals surface area contributed by atoms with Gasteiger partial charge in [-0.2, -0.15) is 0 Å². The number of carbonyl (C=O) groups excluding carboxylic acids is 1. The Bertz CT molecular complexity index is 1400. The summed E-state index contributed by atoms with van der Waals surface area (Å²) in [6.07, 6.45) is -4.27. The van der Waals surface area contributed by atoms with Gasteiger partial charge in [0.05, 0.1) is 11.1 Å². The van der Waals surface area contributed by atoms with Crippen LogP contribution in [0.1, 0.15) is 11.3 Å². The molecule has 2 aromatic carbocycles. The van der Waals surface area contributed by atoms with Crippen molar-refractivity contribution in [3.63, 3.8) is 0 Å². The van der Waals surface area contributed by atoms with Crippen molar-refractivity contribution < 1.29 is 27.2 Å². The number of pyridine rings is 1. The number of hydrogen-bond donors (Lipinski definition) is 2. The average Bonchev–Trinajstić information content (AvgIpc) is 3.36. The molecule has 8 nitrogen and oxygen atoms in total. The fourth-order valence-electron chi connectivity index (χ4n) is 4.02. The Morgan fingerprint density at radius 1 is 1.18 bits per heavy atom. The number of nitrogens with one attached hydrogen (secondary N) is 1. The maximum atomic E-state index is 12.9. The summed E-state index contributed by atoms with van der Waals surface area (Å²) in [4.78, 5) is 18.6. The minimum absolute atomic E-state index is 0.163. The molecule has 0 saturated carbocycles. The zero-order valence-corrected chi connectivity index (χ0v) is 17.8. The van der Waals surface area contributed by atoms with Gasteiger partial charge in [-0.05, 0) is 48.7 Å². The van der Waals surface area contributed by atoms with Crippen molar-refractivity contribution in [2.24, 2.45) is 0 Å². The first-order valence-corrected chi connectivity index (χ1v) is 10.3. The van der Waals surface area contributed by atoms with Gasteiger partial charge in [-0.25, -0.2) is 9.78 Å². The number of carbonyl (C=O) groups is 1. The Kier molecular flexibility index (Phi) is 5.03. The van der Waals surface area contributed by atoms with Crippen LogP contribution in [0.4, 0.5) is 35.2 Å². The summed E-state index contributed by atoms with van der Waals surface area (Å²) >= 11 is 0. The first-order chi connectivity index (χ1) is 16.2. The van der Waals surface area contributed by atoms with Crippen molar-refractivity contribution in [3.8, 4) is 16.9 Å². The van der Waals surface area contributed by atoms with Gasteiger partial charge < -0.3 is 20.3 Å². The third-order valence-electron chi connectivity index (χ3n) is 5.48. The number of benzene rings is 2. The van der Waals surface area contributed by atoms with E-state index in [0.29, 0.717) is 35.4 Å². The van der Waals surface area contributed by atoms with Crippen LogP contribution in [0.15, 0.2) is 53.1 Å². The summed E-state index contributed by atoms with van der Waals surface area (Å²) in [5.41, 5.74) is 10.4. The molecule has 5 rings (SSSR count). The number of ether oxygens (including phenoxy) is 1. The largest absolute Gasteiger partial charge is 0.573 e. The first-order valence-electron chi connectivity index (χ1n) is 10.3. The molecule has 2 amide bonds. The number of nitrogens with two attached hydrogens (primary N) is 1. The monoisotopic (exact) mass is 469 g/mol. The molecule has 0 unspecified atom stereocenters. The highest BCUT2D eigenvalue weighted by Gasteiger charge is 2.32. The molecule has 0 aliphatic carbocycles. The molecule has 2 aromatic heterocycles. The van der Waals surface area contributed by atoms with Gasteiger partial charge in [0, 0.05) is 29.6 Å². The number of halogens is 3. The normalized spacial score (nSPS) is 13.2. The van der Waals surface area contributed by atoms with Crippen molar-refractivity contribution in [2.45, 2.75) is 19.7 Å². The predicted octanol–water partition coefficient (Wildman–Crippen LogP) is 5.27. The molecule has 11 heteroatoms. The summed E-state index contributed by atoms with van der Waals surface area (Å²) in [5, 5.41) is 7.25. The summed E-state index contributed by atoms with van der Waals surface area (Å²) in [7, 11) is 0. The number of urea groups is 1. The molecule has 174 valence electrons. The van der Waals surface area contributed by atoms with E-state index in [4.69, 9.17) is 10.3 Å². The predicted molar refractivity (Wildman–Crippen MR) is 120 cm³/mol. The van der Waals surface area contributed by atoms with Gasteiger partial charge in [0.1, 0.15) is 5.75 Å². The number of nitrogen functional groups attached to an aromatic ring is 1. The second-order valence-corrected chi connectivity index (χ2v) is 7.80. The van der Waals surface area contributed by atoms with Crippen LogP contribution in [-0.4, -0.2) is 29.1 Å². The molecule has 4 aromatic rings. The molecule has 0 spiro atoms. The molecule has 3 heterocycles. The lowest BCUT2D eigenvalue weighted by atomic mass is 10.0. The van der Waals surface area contributed by atoms with Crippen LogP contribution in [0.3, 0.4) is 0 Å². The van der Waals surface area contributed by atoms with Crippen molar-refractivity contribution in [1.82, 2.24) is 10.1 Å². The SMILES string of the molecule is Cc1cc(-c2ccc(NC(=O)N3CCc4ccc(OC(F)(F)F)cc43)cc2)c2c(N)onc2n1. The maximum absolute atomic E-state index is 12.9. The first kappa shape index (κ1) is 21.6. The van der Waals surface area contributed by atoms with E-state index in [1.54, 1.807) is 12.1 Å². The molecule has 3 N–H and O–H groups in total. The van der Waals surface area contributed by atoms with Crippen LogP contribution in [0.2, 0.25) is 0 Å². The Balaban J connectivity index is 1.36. The molecular formula is C23H18F3N5O3. The van der Waals surface area contributed by atoms with Crippen molar-refractivity contribution >= 4 is 34.3 Å². The van der Waals surface area contributed by atoms with Crippen molar-refractivity contribution in [1.29, 1.82) is 0 Å². The quantitative estimate of drug-likeness (QED) is 0.423. The minimum Gasteiger partial charge on any atom is -0.406 e. The zero-order chi connectivity index (χ0) is 24.0. The van der Waals surface area contributed by atoms with E-state index >= 15 is 0 Å². The third-order valence-corrected chi connectivity index (χ3v) is 5.48. The van der Waals surface area contributed by atoms with E-state index in [1.165, 1.54) is 23.1 Å². The number of alkyl halides is 3. The summed E-state index contributed by atoms with van der Waals surface area (Å²) in [6.45, 7) is 2.18. The molecular weight excluding hydrogens is 451 g/mol. The van der Waals surface area contributed by atoms with Crippen LogP contribution in [0, 0.1) is 6.92 Å². The van der Waals surface area contributed by atoms with Gasteiger partial charge in [-0.1, -0.05) is 23.4 Å². The number of aromatic nitrogens is 2.